The molecule has 0 saturated carbocycles. The maximum atomic E-state index is 14.4. The van der Waals surface area contributed by atoms with Crippen molar-refractivity contribution in [3.8, 4) is 0 Å². The topological polar surface area (TPSA) is 73.9 Å². The molecule has 12 heteroatoms. The lowest BCUT2D eigenvalue weighted by atomic mass is 9.91. The zero-order valence-electron chi connectivity index (χ0n) is 21.3. The number of methoxy groups -OCH3 is 2. The summed E-state index contributed by atoms with van der Waals surface area (Å²) in [7, 11) is 1.38. The summed E-state index contributed by atoms with van der Waals surface area (Å²) in [5.74, 6) is -3.55. The number of rotatable bonds is 10. The van der Waals surface area contributed by atoms with E-state index in [1.165, 1.54) is 60.7 Å². The van der Waals surface area contributed by atoms with E-state index in [0.717, 1.165) is 24.3 Å². The molecule has 3 aromatic carbocycles. The Balaban J connectivity index is 1.99. The molecule has 0 heterocycles. The molecule has 0 aliphatic carbocycles. The fourth-order valence-electron chi connectivity index (χ4n) is 4.23. The van der Waals surface area contributed by atoms with Crippen LogP contribution in [0, 0.1) is 0 Å². The van der Waals surface area contributed by atoms with Gasteiger partial charge >= 0.3 is 18.3 Å². The van der Waals surface area contributed by atoms with Gasteiger partial charge in [-0.1, -0.05) is 91.0 Å². The average Bonchev–Trinajstić information content (AvgIpc) is 2.92. The third kappa shape index (κ3) is 5.68. The summed E-state index contributed by atoms with van der Waals surface area (Å²) >= 11 is 0. The maximum Gasteiger partial charge on any atom is 0.432 e. The number of alkyl halides is 6. The van der Waals surface area contributed by atoms with Gasteiger partial charge in [-0.25, -0.2) is 4.79 Å². The Labute approximate surface area is 225 Å². The Hall–Kier alpha value is -3.90. The van der Waals surface area contributed by atoms with Crippen LogP contribution in [0.25, 0.3) is 0 Å². The number of hydrogen-bond acceptors (Lipinski definition) is 5. The van der Waals surface area contributed by atoms with E-state index in [0.29, 0.717) is 14.2 Å². The van der Waals surface area contributed by atoms with Crippen molar-refractivity contribution in [2.45, 2.75) is 29.7 Å². The highest BCUT2D eigenvalue weighted by atomic mass is 19.4. The third-order valence-electron chi connectivity index (χ3n) is 6.25. The van der Waals surface area contributed by atoms with Gasteiger partial charge in [0.05, 0.1) is 6.54 Å². The van der Waals surface area contributed by atoms with Crippen molar-refractivity contribution in [3.63, 3.8) is 0 Å². The fourth-order valence-corrected chi connectivity index (χ4v) is 4.23. The predicted octanol–water partition coefficient (Wildman–Crippen LogP) is 5.60. The number of esters is 1. The van der Waals surface area contributed by atoms with E-state index in [-0.39, 0.29) is 5.56 Å². The van der Waals surface area contributed by atoms with Crippen molar-refractivity contribution in [1.82, 2.24) is 5.32 Å². The van der Waals surface area contributed by atoms with Crippen molar-refractivity contribution in [2.75, 3.05) is 20.8 Å². The molecule has 0 spiro atoms. The summed E-state index contributed by atoms with van der Waals surface area (Å²) in [6.07, 6.45) is -12.2. The first kappa shape index (κ1) is 30.6. The Morgan fingerprint density at radius 2 is 1.07 bits per heavy atom. The summed E-state index contributed by atoms with van der Waals surface area (Å²) in [4.78, 5) is 26.3. The van der Waals surface area contributed by atoms with Crippen LogP contribution in [0.15, 0.2) is 91.0 Å². The lowest BCUT2D eigenvalue weighted by molar-refractivity contribution is -0.278. The molecule has 0 aliphatic rings. The minimum Gasteiger partial charge on any atom is -0.453 e. The van der Waals surface area contributed by atoms with E-state index in [9.17, 15) is 35.9 Å². The lowest BCUT2D eigenvalue weighted by Gasteiger charge is -2.35. The number of ether oxygens (including phenoxy) is 3. The largest absolute Gasteiger partial charge is 0.453 e. The number of carbonyl (C=O) groups is 2. The first-order valence-corrected chi connectivity index (χ1v) is 11.7. The highest BCUT2D eigenvalue weighted by molar-refractivity contribution is 5.88. The van der Waals surface area contributed by atoms with Crippen molar-refractivity contribution < 1.29 is 50.1 Å². The Kier molecular flexibility index (Phi) is 9.26. The molecule has 214 valence electrons. The number of halogens is 6. The summed E-state index contributed by atoms with van der Waals surface area (Å²) in [6, 6.07) is 19.4. The van der Waals surface area contributed by atoms with Gasteiger partial charge in [-0.2, -0.15) is 26.3 Å². The molecule has 3 atom stereocenters. The van der Waals surface area contributed by atoms with Crippen LogP contribution >= 0.6 is 0 Å². The van der Waals surface area contributed by atoms with Crippen LogP contribution < -0.4 is 5.32 Å². The normalized spacial score (nSPS) is 15.8. The van der Waals surface area contributed by atoms with Crippen LogP contribution in [0.2, 0.25) is 0 Å². The standard InChI is InChI=1S/C28H25F6NO5/c1-38-25(27(29,30)31,20-14-8-4-9-15-20)23(36)35-18-22(19-12-6-3-7-13-19)40-24(37)26(39-2,28(32,33)34)21-16-10-5-11-17-21/h3-17,22H,18H2,1-2H3,(H,35,36)/t22-,25+,26+/m0/s1. The fraction of sp³-hybridized carbons (Fsp3) is 0.286. The zero-order valence-corrected chi connectivity index (χ0v) is 21.3. The van der Waals surface area contributed by atoms with E-state index in [4.69, 9.17) is 14.2 Å². The quantitative estimate of drug-likeness (QED) is 0.255. The number of nitrogens with one attached hydrogen (secondary N) is 1. The second-order valence-corrected chi connectivity index (χ2v) is 8.51. The average molecular weight is 569 g/mol. The lowest BCUT2D eigenvalue weighted by Crippen LogP contribution is -2.56. The Morgan fingerprint density at radius 3 is 1.48 bits per heavy atom. The van der Waals surface area contributed by atoms with Crippen LogP contribution in [0.3, 0.4) is 0 Å². The van der Waals surface area contributed by atoms with Crippen LogP contribution in [-0.4, -0.2) is 45.0 Å². The van der Waals surface area contributed by atoms with Gasteiger partial charge in [0, 0.05) is 25.3 Å². The SMILES string of the molecule is CO[C@@](C(=O)NC[C@H](OC(=O)[C@](OC)(c1ccccc1)C(F)(F)F)c1ccccc1)(c1ccccc1)C(F)(F)F. The monoisotopic (exact) mass is 569 g/mol. The number of amides is 1. The van der Waals surface area contributed by atoms with Crippen LogP contribution in [0.1, 0.15) is 22.8 Å². The van der Waals surface area contributed by atoms with Gasteiger partial charge in [-0.05, 0) is 5.56 Å². The zero-order chi connectivity index (χ0) is 29.6. The molecular weight excluding hydrogens is 544 g/mol. The molecule has 0 bridgehead atoms. The van der Waals surface area contributed by atoms with Gasteiger partial charge in [0.1, 0.15) is 6.10 Å². The van der Waals surface area contributed by atoms with E-state index < -0.39 is 59.2 Å². The van der Waals surface area contributed by atoms with Crippen LogP contribution in [0.5, 0.6) is 0 Å². The molecule has 3 rings (SSSR count). The molecule has 6 nitrogen and oxygen atoms in total. The highest BCUT2D eigenvalue weighted by Crippen LogP contribution is 2.44. The smallest absolute Gasteiger partial charge is 0.432 e. The van der Waals surface area contributed by atoms with Crippen molar-refractivity contribution >= 4 is 11.9 Å². The Morgan fingerprint density at radius 1 is 0.675 bits per heavy atom. The van der Waals surface area contributed by atoms with Crippen molar-refractivity contribution in [1.29, 1.82) is 0 Å². The van der Waals surface area contributed by atoms with Gasteiger partial charge in [0.2, 0.25) is 0 Å². The van der Waals surface area contributed by atoms with E-state index in [1.54, 1.807) is 6.07 Å². The van der Waals surface area contributed by atoms with Gasteiger partial charge in [0.25, 0.3) is 17.1 Å². The molecular formula is C28H25F6NO5. The Bertz CT molecular complexity index is 1270. The minimum atomic E-state index is -5.29. The second-order valence-electron chi connectivity index (χ2n) is 8.51. The van der Waals surface area contributed by atoms with Gasteiger partial charge in [-0.15, -0.1) is 0 Å². The van der Waals surface area contributed by atoms with Crippen LogP contribution in [-0.2, 0) is 35.0 Å². The highest BCUT2D eigenvalue weighted by Gasteiger charge is 2.65. The molecule has 1 amide bonds. The molecule has 0 aromatic heterocycles. The molecule has 3 aromatic rings. The molecule has 0 fully saturated rings. The molecule has 0 radical (unpaired) electrons. The first-order valence-electron chi connectivity index (χ1n) is 11.7. The van der Waals surface area contributed by atoms with E-state index in [2.05, 4.69) is 0 Å². The summed E-state index contributed by atoms with van der Waals surface area (Å²) in [6.45, 7) is -0.824. The molecule has 40 heavy (non-hydrogen) atoms. The molecule has 0 saturated heterocycles. The number of carbonyl (C=O) groups excluding carboxylic acids is 2. The number of hydrogen-bond donors (Lipinski definition) is 1. The van der Waals surface area contributed by atoms with Crippen molar-refractivity contribution in [2.24, 2.45) is 0 Å². The number of benzene rings is 3. The van der Waals surface area contributed by atoms with E-state index in [1.807, 2.05) is 5.32 Å². The molecule has 0 aliphatic heterocycles. The minimum absolute atomic E-state index is 0.103. The molecule has 0 unspecified atom stereocenters. The van der Waals surface area contributed by atoms with Gasteiger partial charge < -0.3 is 19.5 Å². The van der Waals surface area contributed by atoms with Crippen molar-refractivity contribution in [3.05, 3.63) is 108 Å². The second kappa shape index (κ2) is 12.1. The van der Waals surface area contributed by atoms with E-state index >= 15 is 0 Å². The third-order valence-corrected chi connectivity index (χ3v) is 6.25. The predicted molar refractivity (Wildman–Crippen MR) is 131 cm³/mol. The first-order chi connectivity index (χ1) is 18.8. The van der Waals surface area contributed by atoms with Gasteiger partial charge in [0.15, 0.2) is 0 Å². The molecule has 1 N–H and O–H groups in total. The van der Waals surface area contributed by atoms with Gasteiger partial charge in [-0.3, -0.25) is 4.79 Å². The summed E-state index contributed by atoms with van der Waals surface area (Å²) < 4.78 is 101. The summed E-state index contributed by atoms with van der Waals surface area (Å²) in [5, 5.41) is 2.05. The summed E-state index contributed by atoms with van der Waals surface area (Å²) in [5.41, 5.74) is -8.02. The van der Waals surface area contributed by atoms with Crippen LogP contribution in [0.4, 0.5) is 26.3 Å². The maximum absolute atomic E-state index is 14.4.